The van der Waals surface area contributed by atoms with Crippen molar-refractivity contribution in [3.05, 3.63) is 35.3 Å². The maximum Gasteiger partial charge on any atom is 0.309 e. The quantitative estimate of drug-likeness (QED) is 0.823. The van der Waals surface area contributed by atoms with Crippen molar-refractivity contribution in [2.24, 2.45) is 0 Å². The molecule has 2 N–H and O–H groups in total. The van der Waals surface area contributed by atoms with Crippen LogP contribution in [0.1, 0.15) is 5.69 Å². The molecule has 0 amide bonds. The van der Waals surface area contributed by atoms with E-state index in [4.69, 9.17) is 5.11 Å². The Morgan fingerprint density at radius 1 is 1.56 bits per heavy atom. The summed E-state index contributed by atoms with van der Waals surface area (Å²) < 4.78 is 0. The fraction of sp³-hybridized carbons (Fsp3) is 0.167. The first-order valence-electron chi connectivity index (χ1n) is 5.24. The van der Waals surface area contributed by atoms with Crippen LogP contribution in [-0.4, -0.2) is 22.3 Å². The molecule has 0 aliphatic heterocycles. The molecule has 0 unspecified atom stereocenters. The number of thiazole rings is 1. The van der Waals surface area contributed by atoms with Gasteiger partial charge in [0.05, 0.1) is 12.1 Å². The molecule has 1 heterocycles. The first-order chi connectivity index (χ1) is 8.67. The number of thioether (sulfide) groups is 1. The summed E-state index contributed by atoms with van der Waals surface area (Å²) in [5.41, 5.74) is 1.54. The number of hydrogen-bond acceptors (Lipinski definition) is 5. The zero-order valence-electron chi connectivity index (χ0n) is 9.71. The Kier molecular flexibility index (Phi) is 4.22. The number of aromatic nitrogens is 1. The van der Waals surface area contributed by atoms with Gasteiger partial charge in [-0.1, -0.05) is 6.07 Å². The van der Waals surface area contributed by atoms with Crippen LogP contribution in [0, 0.1) is 0 Å². The number of benzene rings is 1. The zero-order chi connectivity index (χ0) is 13.0. The highest BCUT2D eigenvalue weighted by Gasteiger charge is 2.06. The molecule has 0 saturated heterocycles. The predicted octanol–water partition coefficient (Wildman–Crippen LogP) is 3.24. The van der Waals surface area contributed by atoms with Gasteiger partial charge < -0.3 is 10.4 Å². The second kappa shape index (κ2) is 5.88. The first kappa shape index (κ1) is 12.9. The van der Waals surface area contributed by atoms with Gasteiger partial charge in [-0.2, -0.15) is 0 Å². The fourth-order valence-electron chi connectivity index (χ4n) is 1.42. The summed E-state index contributed by atoms with van der Waals surface area (Å²) in [5, 5.41) is 14.3. The van der Waals surface area contributed by atoms with E-state index in [1.807, 2.05) is 30.5 Å². The molecule has 0 atom stereocenters. The van der Waals surface area contributed by atoms with Crippen molar-refractivity contribution >= 4 is 39.9 Å². The van der Waals surface area contributed by atoms with Crippen molar-refractivity contribution < 1.29 is 9.90 Å². The molecule has 2 aromatic rings. The third-order valence-corrected chi connectivity index (χ3v) is 3.74. The van der Waals surface area contributed by atoms with Crippen molar-refractivity contribution in [3.63, 3.8) is 0 Å². The van der Waals surface area contributed by atoms with Crippen molar-refractivity contribution in [1.82, 2.24) is 4.98 Å². The maximum absolute atomic E-state index is 10.6. The van der Waals surface area contributed by atoms with Gasteiger partial charge in [-0.05, 0) is 24.5 Å². The number of carboxylic acids is 1. The van der Waals surface area contributed by atoms with E-state index < -0.39 is 5.97 Å². The average molecular weight is 280 g/mol. The number of anilines is 2. The largest absolute Gasteiger partial charge is 0.481 e. The Balaban J connectivity index is 2.08. The Bertz CT molecular complexity index is 555. The number of aliphatic carboxylic acids is 1. The molecule has 0 saturated carbocycles. The lowest BCUT2D eigenvalue weighted by Gasteiger charge is -2.03. The van der Waals surface area contributed by atoms with Gasteiger partial charge >= 0.3 is 5.97 Å². The van der Waals surface area contributed by atoms with Gasteiger partial charge in [0.2, 0.25) is 0 Å². The molecule has 18 heavy (non-hydrogen) atoms. The lowest BCUT2D eigenvalue weighted by molar-refractivity contribution is -0.136. The molecule has 94 valence electrons. The van der Waals surface area contributed by atoms with Crippen molar-refractivity contribution in [2.45, 2.75) is 11.3 Å². The molecule has 2 rings (SSSR count). The predicted molar refractivity (Wildman–Crippen MR) is 75.0 cm³/mol. The van der Waals surface area contributed by atoms with E-state index in [1.165, 1.54) is 16.2 Å². The van der Waals surface area contributed by atoms with Gasteiger partial charge in [-0.3, -0.25) is 4.79 Å². The van der Waals surface area contributed by atoms with E-state index in [0.29, 0.717) is 10.8 Å². The number of carbonyl (C=O) groups is 1. The van der Waals surface area contributed by atoms with Crippen molar-refractivity contribution in [3.8, 4) is 0 Å². The van der Waals surface area contributed by atoms with Gasteiger partial charge in [0, 0.05) is 16.0 Å². The summed E-state index contributed by atoms with van der Waals surface area (Å²) >= 11 is 3.08. The third-order valence-electron chi connectivity index (χ3n) is 2.21. The molecule has 0 aliphatic carbocycles. The summed E-state index contributed by atoms with van der Waals surface area (Å²) in [6, 6.07) is 7.99. The van der Waals surface area contributed by atoms with Crippen LogP contribution < -0.4 is 5.32 Å². The summed E-state index contributed by atoms with van der Waals surface area (Å²) in [6.45, 7) is 0. The summed E-state index contributed by atoms with van der Waals surface area (Å²) in [5.74, 6) is -0.865. The maximum atomic E-state index is 10.6. The van der Waals surface area contributed by atoms with E-state index in [1.54, 1.807) is 17.1 Å². The van der Waals surface area contributed by atoms with Crippen LogP contribution in [-0.2, 0) is 11.2 Å². The molecule has 1 aromatic heterocycles. The molecule has 6 heteroatoms. The third kappa shape index (κ3) is 3.48. The monoisotopic (exact) mass is 280 g/mol. The molecule has 0 bridgehead atoms. The molecule has 0 fully saturated rings. The minimum atomic E-state index is -0.865. The van der Waals surface area contributed by atoms with E-state index in [-0.39, 0.29) is 6.42 Å². The van der Waals surface area contributed by atoms with Gasteiger partial charge in [0.15, 0.2) is 5.13 Å². The van der Waals surface area contributed by atoms with Gasteiger partial charge in [0.25, 0.3) is 0 Å². The second-order valence-electron chi connectivity index (χ2n) is 3.57. The minimum Gasteiger partial charge on any atom is -0.481 e. The molecule has 0 radical (unpaired) electrons. The number of nitrogens with one attached hydrogen (secondary N) is 1. The zero-order valence-corrected chi connectivity index (χ0v) is 11.3. The molecular weight excluding hydrogens is 268 g/mol. The molecular formula is C12H12N2O2S2. The lowest BCUT2D eigenvalue weighted by atomic mass is 10.3. The Hall–Kier alpha value is -1.53. The summed E-state index contributed by atoms with van der Waals surface area (Å²) in [7, 11) is 0. The van der Waals surface area contributed by atoms with Crippen molar-refractivity contribution in [1.29, 1.82) is 0 Å². The van der Waals surface area contributed by atoms with E-state index >= 15 is 0 Å². The Morgan fingerprint density at radius 3 is 3.11 bits per heavy atom. The van der Waals surface area contributed by atoms with E-state index in [0.717, 1.165) is 5.69 Å². The van der Waals surface area contributed by atoms with Gasteiger partial charge in [-0.15, -0.1) is 23.1 Å². The normalized spacial score (nSPS) is 10.3. The second-order valence-corrected chi connectivity index (χ2v) is 5.31. The number of nitrogens with zero attached hydrogens (tertiary/aromatic N) is 1. The Morgan fingerprint density at radius 2 is 2.39 bits per heavy atom. The highest BCUT2D eigenvalue weighted by atomic mass is 32.2. The first-order valence-corrected chi connectivity index (χ1v) is 7.35. The fourth-order valence-corrected chi connectivity index (χ4v) is 2.61. The molecule has 0 aliphatic rings. The average Bonchev–Trinajstić information content (AvgIpc) is 2.76. The lowest BCUT2D eigenvalue weighted by Crippen LogP contribution is -2.00. The number of carboxylic acid groups (broad SMARTS) is 1. The highest BCUT2D eigenvalue weighted by Crippen LogP contribution is 2.24. The molecule has 4 nitrogen and oxygen atoms in total. The van der Waals surface area contributed by atoms with Crippen LogP contribution in [0.2, 0.25) is 0 Å². The van der Waals surface area contributed by atoms with Crippen LogP contribution in [0.3, 0.4) is 0 Å². The number of hydrogen-bond donors (Lipinski definition) is 2. The summed E-state index contributed by atoms with van der Waals surface area (Å²) in [6.07, 6.45) is 1.98. The highest BCUT2D eigenvalue weighted by molar-refractivity contribution is 7.98. The Labute approximate surface area is 113 Å². The standard InChI is InChI=1S/C12H12N2O2S2/c1-17-10-4-2-3-8(5-10)13-12-14-9(7-18-12)6-11(15)16/h2-5,7H,6H2,1H3,(H,13,14)(H,15,16). The summed E-state index contributed by atoms with van der Waals surface area (Å²) in [4.78, 5) is 16.0. The van der Waals surface area contributed by atoms with Gasteiger partial charge in [0.1, 0.15) is 0 Å². The van der Waals surface area contributed by atoms with Crippen molar-refractivity contribution in [2.75, 3.05) is 11.6 Å². The van der Waals surface area contributed by atoms with Gasteiger partial charge in [-0.25, -0.2) is 4.98 Å². The molecule has 1 aromatic carbocycles. The minimum absolute atomic E-state index is 0.0387. The smallest absolute Gasteiger partial charge is 0.309 e. The van der Waals surface area contributed by atoms with E-state index in [9.17, 15) is 4.79 Å². The van der Waals surface area contributed by atoms with Crippen LogP contribution >= 0.6 is 23.1 Å². The van der Waals surface area contributed by atoms with Crippen LogP contribution in [0.25, 0.3) is 0 Å². The number of rotatable bonds is 5. The van der Waals surface area contributed by atoms with Crippen LogP contribution in [0.4, 0.5) is 10.8 Å². The molecule has 0 spiro atoms. The SMILES string of the molecule is CSc1cccc(Nc2nc(CC(=O)O)cs2)c1. The van der Waals surface area contributed by atoms with Crippen LogP contribution in [0.5, 0.6) is 0 Å². The van der Waals surface area contributed by atoms with E-state index in [2.05, 4.69) is 10.3 Å². The topological polar surface area (TPSA) is 62.2 Å². The van der Waals surface area contributed by atoms with Crippen LogP contribution in [0.15, 0.2) is 34.5 Å².